The van der Waals surface area contributed by atoms with Gasteiger partial charge in [0.15, 0.2) is 0 Å². The van der Waals surface area contributed by atoms with Crippen molar-refractivity contribution >= 4 is 21.6 Å². The fraction of sp³-hybridized carbons (Fsp3) is 0.682. The molecule has 0 saturated carbocycles. The molecule has 8 heteroatoms. The summed E-state index contributed by atoms with van der Waals surface area (Å²) in [4.78, 5) is 17.5. The molecule has 0 spiro atoms. The average molecular weight is 437 g/mol. The minimum atomic E-state index is -3.82. The molecular weight excluding hydrogens is 400 g/mol. The van der Waals surface area contributed by atoms with Crippen molar-refractivity contribution in [3.63, 3.8) is 0 Å². The van der Waals surface area contributed by atoms with E-state index < -0.39 is 10.0 Å². The van der Waals surface area contributed by atoms with Crippen molar-refractivity contribution in [2.75, 3.05) is 44.6 Å². The van der Waals surface area contributed by atoms with E-state index in [2.05, 4.69) is 22.0 Å². The van der Waals surface area contributed by atoms with Crippen molar-refractivity contribution in [1.82, 2.24) is 9.80 Å². The number of rotatable bonds is 6. The van der Waals surface area contributed by atoms with Gasteiger partial charge in [0, 0.05) is 18.8 Å². The average Bonchev–Trinajstić information content (AvgIpc) is 2.66. The number of piperidine rings is 2. The van der Waals surface area contributed by atoms with Gasteiger partial charge in [-0.1, -0.05) is 6.92 Å². The first-order chi connectivity index (χ1) is 14.1. The summed E-state index contributed by atoms with van der Waals surface area (Å²) in [5.74, 6) is 1.33. The Kier molecular flexibility index (Phi) is 7.55. The van der Waals surface area contributed by atoms with Crippen LogP contribution in [-0.4, -0.2) is 63.4 Å². The second-order valence-electron chi connectivity index (χ2n) is 9.23. The number of carbonyl (C=O) groups is 1. The Morgan fingerprint density at radius 3 is 2.50 bits per heavy atom. The molecule has 7 nitrogen and oxygen atoms in total. The molecule has 3 rings (SSSR count). The number of nitrogens with one attached hydrogen (secondary N) is 1. The molecule has 2 heterocycles. The standard InChI is InChI=1S/C22H36N4O3S/c1-16-6-9-25(10-7-16)13-19-5-4-8-26(14-19)15-22(27)24-21-12-20(30(23,28)29)11-17(2)18(21)3/h11-12,16,19H,4-10,13-15H2,1-3H3,(H,24,27)(H2,23,28,29). The molecule has 2 aliphatic rings. The summed E-state index contributed by atoms with van der Waals surface area (Å²) in [5, 5.41) is 8.17. The molecule has 1 aromatic rings. The van der Waals surface area contributed by atoms with Gasteiger partial charge in [-0.3, -0.25) is 9.69 Å². The van der Waals surface area contributed by atoms with E-state index in [1.54, 1.807) is 0 Å². The lowest BCUT2D eigenvalue weighted by Gasteiger charge is -2.37. The first kappa shape index (κ1) is 23.2. The van der Waals surface area contributed by atoms with E-state index in [4.69, 9.17) is 5.14 Å². The molecule has 2 aliphatic heterocycles. The molecular formula is C22H36N4O3S. The molecule has 30 heavy (non-hydrogen) atoms. The monoisotopic (exact) mass is 436 g/mol. The predicted molar refractivity (Wildman–Crippen MR) is 120 cm³/mol. The zero-order valence-corrected chi connectivity index (χ0v) is 19.3. The summed E-state index contributed by atoms with van der Waals surface area (Å²) in [5.41, 5.74) is 2.15. The number of primary sulfonamides is 1. The minimum Gasteiger partial charge on any atom is -0.325 e. The molecule has 168 valence electrons. The number of hydrogen-bond donors (Lipinski definition) is 2. The third-order valence-electron chi connectivity index (χ3n) is 6.61. The van der Waals surface area contributed by atoms with Crippen molar-refractivity contribution in [2.24, 2.45) is 17.0 Å². The highest BCUT2D eigenvalue weighted by atomic mass is 32.2. The number of sulfonamides is 1. The summed E-state index contributed by atoms with van der Waals surface area (Å²) in [6, 6.07) is 2.99. The maximum atomic E-state index is 12.7. The lowest BCUT2D eigenvalue weighted by molar-refractivity contribution is -0.117. The molecule has 1 aromatic carbocycles. The van der Waals surface area contributed by atoms with Crippen LogP contribution in [0.4, 0.5) is 5.69 Å². The minimum absolute atomic E-state index is 0.0230. The highest BCUT2D eigenvalue weighted by Crippen LogP contribution is 2.24. The van der Waals surface area contributed by atoms with Crippen LogP contribution in [0.2, 0.25) is 0 Å². The molecule has 0 aliphatic carbocycles. The van der Waals surface area contributed by atoms with E-state index in [0.29, 0.717) is 18.2 Å². The van der Waals surface area contributed by atoms with Gasteiger partial charge in [0.25, 0.3) is 0 Å². The Labute approximate surface area is 181 Å². The zero-order chi connectivity index (χ0) is 21.9. The molecule has 0 aromatic heterocycles. The number of amides is 1. The molecule has 1 atom stereocenters. The largest absolute Gasteiger partial charge is 0.325 e. The Morgan fingerprint density at radius 1 is 1.13 bits per heavy atom. The van der Waals surface area contributed by atoms with Crippen LogP contribution in [0.15, 0.2) is 17.0 Å². The molecule has 2 saturated heterocycles. The molecule has 0 bridgehead atoms. The third kappa shape index (κ3) is 6.26. The number of nitrogens with zero attached hydrogens (tertiary/aromatic N) is 2. The van der Waals surface area contributed by atoms with Crippen LogP contribution in [0.1, 0.15) is 43.7 Å². The van der Waals surface area contributed by atoms with Gasteiger partial charge in [0.2, 0.25) is 15.9 Å². The number of aryl methyl sites for hydroxylation is 1. The fourth-order valence-electron chi connectivity index (χ4n) is 4.57. The number of carbonyl (C=O) groups excluding carboxylic acids is 1. The third-order valence-corrected chi connectivity index (χ3v) is 7.50. The first-order valence-corrected chi connectivity index (χ1v) is 12.5. The molecule has 3 N–H and O–H groups in total. The van der Waals surface area contributed by atoms with Crippen LogP contribution in [0.3, 0.4) is 0 Å². The van der Waals surface area contributed by atoms with E-state index in [1.807, 2.05) is 13.8 Å². The smallest absolute Gasteiger partial charge is 0.238 e. The van der Waals surface area contributed by atoms with Crippen LogP contribution < -0.4 is 10.5 Å². The molecule has 1 amide bonds. The van der Waals surface area contributed by atoms with E-state index in [9.17, 15) is 13.2 Å². The van der Waals surface area contributed by atoms with Gasteiger partial charge in [-0.05, 0) is 94.3 Å². The molecule has 1 unspecified atom stereocenters. The van der Waals surface area contributed by atoms with E-state index in [-0.39, 0.29) is 10.8 Å². The Balaban J connectivity index is 1.56. The van der Waals surface area contributed by atoms with Gasteiger partial charge < -0.3 is 10.2 Å². The lowest BCUT2D eigenvalue weighted by atomic mass is 9.94. The van der Waals surface area contributed by atoms with E-state index in [1.165, 1.54) is 44.5 Å². The Hall–Kier alpha value is -1.48. The van der Waals surface area contributed by atoms with Crippen LogP contribution in [0.5, 0.6) is 0 Å². The summed E-state index contributed by atoms with van der Waals surface area (Å²) in [7, 11) is -3.82. The zero-order valence-electron chi connectivity index (χ0n) is 18.5. The number of likely N-dealkylation sites (tertiary alicyclic amines) is 2. The Morgan fingerprint density at radius 2 is 1.83 bits per heavy atom. The van der Waals surface area contributed by atoms with Crippen LogP contribution in [-0.2, 0) is 14.8 Å². The highest BCUT2D eigenvalue weighted by Gasteiger charge is 2.25. The van der Waals surface area contributed by atoms with Crippen molar-refractivity contribution < 1.29 is 13.2 Å². The quantitative estimate of drug-likeness (QED) is 0.714. The number of hydrogen-bond acceptors (Lipinski definition) is 5. The summed E-state index contributed by atoms with van der Waals surface area (Å²) < 4.78 is 23.4. The van der Waals surface area contributed by atoms with Crippen molar-refractivity contribution in [1.29, 1.82) is 0 Å². The van der Waals surface area contributed by atoms with Crippen LogP contribution >= 0.6 is 0 Å². The summed E-state index contributed by atoms with van der Waals surface area (Å²) >= 11 is 0. The maximum absolute atomic E-state index is 12.7. The topological polar surface area (TPSA) is 95.7 Å². The first-order valence-electron chi connectivity index (χ1n) is 11.0. The molecule has 2 fully saturated rings. The van der Waals surface area contributed by atoms with Gasteiger partial charge in [-0.2, -0.15) is 0 Å². The predicted octanol–water partition coefficient (Wildman–Crippen LogP) is 2.33. The number of anilines is 1. The summed E-state index contributed by atoms with van der Waals surface area (Å²) in [6.45, 7) is 11.7. The van der Waals surface area contributed by atoms with Gasteiger partial charge in [0.1, 0.15) is 0 Å². The number of benzene rings is 1. The lowest BCUT2D eigenvalue weighted by Crippen LogP contribution is -2.45. The highest BCUT2D eigenvalue weighted by molar-refractivity contribution is 7.89. The molecule has 0 radical (unpaired) electrons. The fourth-order valence-corrected chi connectivity index (χ4v) is 5.19. The van der Waals surface area contributed by atoms with Crippen LogP contribution in [0.25, 0.3) is 0 Å². The van der Waals surface area contributed by atoms with Gasteiger partial charge in [-0.15, -0.1) is 0 Å². The summed E-state index contributed by atoms with van der Waals surface area (Å²) in [6.07, 6.45) is 4.91. The van der Waals surface area contributed by atoms with Gasteiger partial charge in [-0.25, -0.2) is 13.6 Å². The van der Waals surface area contributed by atoms with Gasteiger partial charge >= 0.3 is 0 Å². The normalized spacial score (nSPS) is 22.2. The Bertz CT molecular complexity index is 863. The van der Waals surface area contributed by atoms with E-state index in [0.717, 1.165) is 43.1 Å². The van der Waals surface area contributed by atoms with E-state index >= 15 is 0 Å². The van der Waals surface area contributed by atoms with Crippen LogP contribution in [0, 0.1) is 25.7 Å². The van der Waals surface area contributed by atoms with Crippen molar-refractivity contribution in [3.8, 4) is 0 Å². The second-order valence-corrected chi connectivity index (χ2v) is 10.8. The number of nitrogens with two attached hydrogens (primary N) is 1. The SMILES string of the molecule is Cc1cc(S(N)(=O)=O)cc(NC(=O)CN2CCCC(CN3CCC(C)CC3)C2)c1C. The maximum Gasteiger partial charge on any atom is 0.238 e. The van der Waals surface area contributed by atoms with Crippen molar-refractivity contribution in [3.05, 3.63) is 23.3 Å². The van der Waals surface area contributed by atoms with Crippen molar-refractivity contribution in [2.45, 2.75) is 51.3 Å². The second kappa shape index (κ2) is 9.77. The van der Waals surface area contributed by atoms with Gasteiger partial charge in [0.05, 0.1) is 11.4 Å².